The summed E-state index contributed by atoms with van der Waals surface area (Å²) in [5.74, 6) is -0.312. The predicted octanol–water partition coefficient (Wildman–Crippen LogP) is 5.80. The fraction of sp³-hybridized carbons (Fsp3) is 0.364. The lowest BCUT2D eigenvalue weighted by atomic mass is 9.73. The number of piperidine rings is 1. The van der Waals surface area contributed by atoms with E-state index in [2.05, 4.69) is 10.2 Å². The number of benzene rings is 2. The van der Waals surface area contributed by atoms with Crippen molar-refractivity contribution in [1.29, 1.82) is 0 Å². The van der Waals surface area contributed by atoms with Crippen molar-refractivity contribution in [2.75, 3.05) is 19.7 Å². The third kappa shape index (κ3) is 4.35. The summed E-state index contributed by atoms with van der Waals surface area (Å²) in [6.07, 6.45) is -0.109. The summed E-state index contributed by atoms with van der Waals surface area (Å²) >= 11 is 12.5. The molecule has 0 spiro atoms. The van der Waals surface area contributed by atoms with E-state index in [1.54, 1.807) is 18.2 Å². The van der Waals surface area contributed by atoms with Crippen LogP contribution < -0.4 is 0 Å². The zero-order chi connectivity index (χ0) is 22.2. The molecular weight excluding hydrogens is 444 g/mol. The van der Waals surface area contributed by atoms with Crippen LogP contribution in [-0.4, -0.2) is 46.0 Å². The van der Waals surface area contributed by atoms with Crippen LogP contribution in [0.3, 0.4) is 0 Å². The lowest BCUT2D eigenvalue weighted by molar-refractivity contribution is 0.00557. The van der Waals surface area contributed by atoms with E-state index in [9.17, 15) is 14.3 Å². The Labute approximate surface area is 188 Å². The third-order valence-electron chi connectivity index (χ3n) is 6.10. The highest BCUT2D eigenvalue weighted by Crippen LogP contribution is 2.39. The van der Waals surface area contributed by atoms with Crippen molar-refractivity contribution in [3.05, 3.63) is 63.5 Å². The Kier molecular flexibility index (Phi) is 6.10. The second kappa shape index (κ2) is 8.65. The topological polar surface area (TPSA) is 78.5 Å². The number of halogens is 3. The normalized spacial score (nSPS) is 17.1. The molecule has 1 unspecified atom stereocenters. The molecule has 164 valence electrons. The minimum atomic E-state index is -0.932. The van der Waals surface area contributed by atoms with Gasteiger partial charge < -0.3 is 14.7 Å². The highest BCUT2D eigenvalue weighted by atomic mass is 35.5. The van der Waals surface area contributed by atoms with Gasteiger partial charge in [0, 0.05) is 34.5 Å². The number of fused-ring (bicyclic) bond motifs is 1. The van der Waals surface area contributed by atoms with E-state index < -0.39 is 11.5 Å². The summed E-state index contributed by atoms with van der Waals surface area (Å²) < 4.78 is 19.8. The van der Waals surface area contributed by atoms with Gasteiger partial charge in [-0.2, -0.15) is 5.10 Å². The molecule has 2 N–H and O–H groups in total. The van der Waals surface area contributed by atoms with Crippen molar-refractivity contribution in [1.82, 2.24) is 15.1 Å². The highest BCUT2D eigenvalue weighted by Gasteiger charge is 2.38. The standard InChI is InChI=1S/C22H22Cl2FN3O3/c1-13(17-10-15(23)11-18-19(17)26-27-20(18)24)31-12-22(14-2-4-16(25)5-3-14)6-8-28(9-7-22)21(29)30/h2-5,10-11,13H,6-9,12H2,1H3,(H,26,27)(H,29,30). The smallest absolute Gasteiger partial charge is 0.407 e. The zero-order valence-electron chi connectivity index (χ0n) is 16.9. The minimum absolute atomic E-state index is 0.312. The van der Waals surface area contributed by atoms with E-state index in [4.69, 9.17) is 27.9 Å². The fourth-order valence-electron chi connectivity index (χ4n) is 4.21. The van der Waals surface area contributed by atoms with Gasteiger partial charge in [-0.1, -0.05) is 35.3 Å². The molecule has 4 rings (SSSR count). The third-order valence-corrected chi connectivity index (χ3v) is 6.61. The van der Waals surface area contributed by atoms with Gasteiger partial charge in [0.05, 0.1) is 18.2 Å². The Hall–Kier alpha value is -2.35. The van der Waals surface area contributed by atoms with Gasteiger partial charge in [0.1, 0.15) is 11.0 Å². The summed E-state index contributed by atoms with van der Waals surface area (Å²) in [5, 5.41) is 18.0. The van der Waals surface area contributed by atoms with Crippen LogP contribution in [0.5, 0.6) is 0 Å². The number of hydrogen-bond donors (Lipinski definition) is 2. The monoisotopic (exact) mass is 465 g/mol. The number of rotatable bonds is 5. The van der Waals surface area contributed by atoms with E-state index in [-0.39, 0.29) is 11.9 Å². The number of nitrogens with zero attached hydrogens (tertiary/aromatic N) is 2. The zero-order valence-corrected chi connectivity index (χ0v) is 18.4. The molecule has 1 aromatic heterocycles. The van der Waals surface area contributed by atoms with Crippen LogP contribution in [0, 0.1) is 5.82 Å². The van der Waals surface area contributed by atoms with Gasteiger partial charge in [0.25, 0.3) is 0 Å². The van der Waals surface area contributed by atoms with Crippen molar-refractivity contribution in [3.8, 4) is 0 Å². The fourth-order valence-corrected chi connectivity index (χ4v) is 4.62. The average Bonchev–Trinajstić information content (AvgIpc) is 3.12. The molecule has 1 aliphatic rings. The quantitative estimate of drug-likeness (QED) is 0.499. The number of aromatic amines is 1. The van der Waals surface area contributed by atoms with Crippen molar-refractivity contribution in [2.45, 2.75) is 31.3 Å². The molecule has 31 heavy (non-hydrogen) atoms. The molecule has 1 amide bonds. The van der Waals surface area contributed by atoms with Crippen LogP contribution in [0.4, 0.5) is 9.18 Å². The molecule has 0 radical (unpaired) electrons. The van der Waals surface area contributed by atoms with Crippen molar-refractivity contribution < 1.29 is 19.0 Å². The molecule has 1 atom stereocenters. The summed E-state index contributed by atoms with van der Waals surface area (Å²) in [4.78, 5) is 12.8. The summed E-state index contributed by atoms with van der Waals surface area (Å²) in [6, 6.07) is 9.92. The first-order valence-corrected chi connectivity index (χ1v) is 10.7. The molecule has 9 heteroatoms. The van der Waals surface area contributed by atoms with E-state index in [1.165, 1.54) is 17.0 Å². The largest absolute Gasteiger partial charge is 0.465 e. The average molecular weight is 466 g/mol. The molecule has 6 nitrogen and oxygen atoms in total. The maximum absolute atomic E-state index is 13.5. The lowest BCUT2D eigenvalue weighted by Crippen LogP contribution is -2.47. The van der Waals surface area contributed by atoms with Gasteiger partial charge in [-0.15, -0.1) is 0 Å². The Bertz CT molecular complexity index is 1100. The number of H-pyrrole nitrogens is 1. The molecule has 0 aliphatic carbocycles. The van der Waals surface area contributed by atoms with Crippen molar-refractivity contribution in [3.63, 3.8) is 0 Å². The van der Waals surface area contributed by atoms with Gasteiger partial charge in [-0.3, -0.25) is 5.10 Å². The molecular formula is C22H22Cl2FN3O3. The van der Waals surface area contributed by atoms with E-state index in [0.29, 0.717) is 48.2 Å². The Balaban J connectivity index is 1.60. The lowest BCUT2D eigenvalue weighted by Gasteiger charge is -2.41. The van der Waals surface area contributed by atoms with Crippen LogP contribution >= 0.6 is 23.2 Å². The number of ether oxygens (including phenoxy) is 1. The maximum Gasteiger partial charge on any atom is 0.407 e. The molecule has 1 fully saturated rings. The number of likely N-dealkylation sites (tertiary alicyclic amines) is 1. The molecule has 2 heterocycles. The first-order valence-electron chi connectivity index (χ1n) is 9.98. The molecule has 3 aromatic rings. The van der Waals surface area contributed by atoms with E-state index >= 15 is 0 Å². The number of amides is 1. The first kappa shape index (κ1) is 21.9. The molecule has 2 aromatic carbocycles. The van der Waals surface area contributed by atoms with Gasteiger partial charge in [-0.25, -0.2) is 9.18 Å². The minimum Gasteiger partial charge on any atom is -0.465 e. The second-order valence-corrected chi connectivity index (χ2v) is 8.75. The second-order valence-electron chi connectivity index (χ2n) is 7.94. The Morgan fingerprint density at radius 2 is 1.97 bits per heavy atom. The number of carbonyl (C=O) groups is 1. The Morgan fingerprint density at radius 1 is 1.29 bits per heavy atom. The van der Waals surface area contributed by atoms with Crippen LogP contribution in [0.1, 0.15) is 37.0 Å². The summed E-state index contributed by atoms with van der Waals surface area (Å²) in [7, 11) is 0. The van der Waals surface area contributed by atoms with Crippen LogP contribution in [0.15, 0.2) is 36.4 Å². The molecule has 0 saturated carbocycles. The van der Waals surface area contributed by atoms with E-state index in [1.807, 2.05) is 13.0 Å². The van der Waals surface area contributed by atoms with Crippen LogP contribution in [0.2, 0.25) is 10.2 Å². The molecule has 1 saturated heterocycles. The number of nitrogens with one attached hydrogen (secondary N) is 1. The number of carboxylic acid groups (broad SMARTS) is 1. The summed E-state index contributed by atoms with van der Waals surface area (Å²) in [6.45, 7) is 3.04. The summed E-state index contributed by atoms with van der Waals surface area (Å²) in [5.41, 5.74) is 2.01. The SMILES string of the molecule is CC(OCC1(c2ccc(F)cc2)CCN(C(=O)O)CC1)c1cc(Cl)cc2c(Cl)[nH]nc12. The Morgan fingerprint density at radius 3 is 2.61 bits per heavy atom. The highest BCUT2D eigenvalue weighted by molar-refractivity contribution is 6.36. The number of hydrogen-bond acceptors (Lipinski definition) is 3. The van der Waals surface area contributed by atoms with E-state index in [0.717, 1.165) is 16.5 Å². The van der Waals surface area contributed by atoms with Gasteiger partial charge in [0.15, 0.2) is 0 Å². The van der Waals surface area contributed by atoms with Crippen LogP contribution in [-0.2, 0) is 10.2 Å². The van der Waals surface area contributed by atoms with Gasteiger partial charge in [0.2, 0.25) is 0 Å². The first-order chi connectivity index (χ1) is 14.8. The van der Waals surface area contributed by atoms with Crippen molar-refractivity contribution >= 4 is 40.2 Å². The van der Waals surface area contributed by atoms with Gasteiger partial charge >= 0.3 is 6.09 Å². The van der Waals surface area contributed by atoms with Crippen molar-refractivity contribution in [2.24, 2.45) is 0 Å². The van der Waals surface area contributed by atoms with Gasteiger partial charge in [-0.05, 0) is 49.6 Å². The van der Waals surface area contributed by atoms with Crippen LogP contribution in [0.25, 0.3) is 10.9 Å². The maximum atomic E-state index is 13.5. The predicted molar refractivity (Wildman–Crippen MR) is 117 cm³/mol. The molecule has 0 bridgehead atoms. The molecule has 1 aliphatic heterocycles. The number of aromatic nitrogens is 2.